The number of nitrogens with one attached hydrogen (secondary N) is 3. The fourth-order valence-electron chi connectivity index (χ4n) is 3.17. The van der Waals surface area contributed by atoms with E-state index in [4.69, 9.17) is 0 Å². The highest BCUT2D eigenvalue weighted by Gasteiger charge is 2.15. The number of aromatic nitrogens is 2. The van der Waals surface area contributed by atoms with E-state index in [0.717, 1.165) is 4.90 Å². The first-order valence-corrected chi connectivity index (χ1v) is 12.3. The molecule has 0 aliphatic rings. The summed E-state index contributed by atoms with van der Waals surface area (Å²) in [6.07, 6.45) is 6.40. The van der Waals surface area contributed by atoms with Gasteiger partial charge in [-0.3, -0.25) is 19.4 Å². The zero-order valence-corrected chi connectivity index (χ0v) is 20.4. The van der Waals surface area contributed by atoms with E-state index in [2.05, 4.69) is 25.9 Å². The van der Waals surface area contributed by atoms with Gasteiger partial charge in [0.25, 0.3) is 11.8 Å². The summed E-state index contributed by atoms with van der Waals surface area (Å²) in [5, 5.41) is 8.24. The Bertz CT molecular complexity index is 1380. The lowest BCUT2D eigenvalue weighted by Crippen LogP contribution is -2.30. The van der Waals surface area contributed by atoms with Crippen molar-refractivity contribution in [2.24, 2.45) is 0 Å². The molecule has 0 unspecified atom stereocenters. The van der Waals surface area contributed by atoms with E-state index in [1.165, 1.54) is 11.8 Å². The standard InChI is InChI=1S/C28H23N5O3S/c34-26(33-25-10-4-5-16-30-25)19-37-23-13-11-22(12-14-23)31-28(36)24(17-20-7-6-15-29-18-20)32-27(35)21-8-2-1-3-9-21/h1-18H,19H2,(H,31,36)(H,32,35)(H,30,33,34)/b24-17-. The van der Waals surface area contributed by atoms with Gasteiger partial charge in [-0.1, -0.05) is 30.3 Å². The molecule has 2 aromatic heterocycles. The molecule has 0 saturated carbocycles. The van der Waals surface area contributed by atoms with Crippen molar-refractivity contribution in [3.63, 3.8) is 0 Å². The molecule has 0 radical (unpaired) electrons. The highest BCUT2D eigenvalue weighted by Crippen LogP contribution is 2.21. The second-order valence-corrected chi connectivity index (χ2v) is 8.74. The van der Waals surface area contributed by atoms with Crippen molar-refractivity contribution < 1.29 is 14.4 Å². The van der Waals surface area contributed by atoms with Crippen LogP contribution in [0.25, 0.3) is 6.08 Å². The van der Waals surface area contributed by atoms with E-state index >= 15 is 0 Å². The SMILES string of the molecule is O=C(CSc1ccc(NC(=O)/C(=C/c2cccnc2)NC(=O)c2ccccc2)cc1)Nc1ccccn1. The lowest BCUT2D eigenvalue weighted by molar-refractivity contribution is -0.114. The Morgan fingerprint density at radius 1 is 0.811 bits per heavy atom. The Hall–Kier alpha value is -4.76. The van der Waals surface area contributed by atoms with Crippen molar-refractivity contribution in [2.75, 3.05) is 16.4 Å². The summed E-state index contributed by atoms with van der Waals surface area (Å²) >= 11 is 1.36. The van der Waals surface area contributed by atoms with Gasteiger partial charge in [0.05, 0.1) is 5.75 Å². The average molecular weight is 510 g/mol. The Labute approximate surface area is 218 Å². The Morgan fingerprint density at radius 2 is 1.59 bits per heavy atom. The van der Waals surface area contributed by atoms with Gasteiger partial charge in [0.2, 0.25) is 5.91 Å². The molecule has 3 amide bonds. The molecule has 0 fully saturated rings. The average Bonchev–Trinajstić information content (AvgIpc) is 2.94. The first-order chi connectivity index (χ1) is 18.1. The van der Waals surface area contributed by atoms with Crippen LogP contribution in [0, 0.1) is 0 Å². The summed E-state index contributed by atoms with van der Waals surface area (Å²) in [7, 11) is 0. The van der Waals surface area contributed by atoms with E-state index < -0.39 is 11.8 Å². The van der Waals surface area contributed by atoms with E-state index in [1.807, 2.05) is 6.07 Å². The molecule has 2 heterocycles. The van der Waals surface area contributed by atoms with Gasteiger partial charge >= 0.3 is 0 Å². The molecule has 0 aliphatic heterocycles. The van der Waals surface area contributed by atoms with Gasteiger partial charge in [-0.15, -0.1) is 11.8 Å². The number of nitrogens with zero attached hydrogens (tertiary/aromatic N) is 2. The van der Waals surface area contributed by atoms with Gasteiger partial charge in [0.15, 0.2) is 0 Å². The van der Waals surface area contributed by atoms with Crippen molar-refractivity contribution in [2.45, 2.75) is 4.90 Å². The van der Waals surface area contributed by atoms with Gasteiger partial charge in [0.1, 0.15) is 11.5 Å². The highest BCUT2D eigenvalue weighted by atomic mass is 32.2. The summed E-state index contributed by atoms with van der Waals surface area (Å²) in [6, 6.07) is 24.6. The number of rotatable bonds is 9. The third-order valence-corrected chi connectivity index (χ3v) is 5.95. The zero-order valence-electron chi connectivity index (χ0n) is 19.6. The fourth-order valence-corrected chi connectivity index (χ4v) is 3.87. The molecule has 4 aromatic rings. The molecule has 4 rings (SSSR count). The molecule has 0 bridgehead atoms. The van der Waals surface area contributed by atoms with Gasteiger partial charge < -0.3 is 16.0 Å². The number of carbonyl (C=O) groups excluding carboxylic acids is 3. The Balaban J connectivity index is 1.39. The zero-order chi connectivity index (χ0) is 25.9. The number of benzene rings is 2. The molecule has 8 nitrogen and oxygen atoms in total. The fraction of sp³-hybridized carbons (Fsp3) is 0.0357. The molecule has 3 N–H and O–H groups in total. The van der Waals surface area contributed by atoms with Crippen LogP contribution in [0.4, 0.5) is 11.5 Å². The van der Waals surface area contributed by atoms with Crippen LogP contribution >= 0.6 is 11.8 Å². The normalized spacial score (nSPS) is 10.9. The van der Waals surface area contributed by atoms with Crippen molar-refractivity contribution in [3.05, 3.63) is 120 Å². The largest absolute Gasteiger partial charge is 0.321 e. The van der Waals surface area contributed by atoms with Crippen LogP contribution in [-0.2, 0) is 9.59 Å². The van der Waals surface area contributed by atoms with Crippen molar-refractivity contribution in [1.29, 1.82) is 0 Å². The maximum Gasteiger partial charge on any atom is 0.272 e. The van der Waals surface area contributed by atoms with E-state index in [1.54, 1.807) is 104 Å². The third-order valence-electron chi connectivity index (χ3n) is 4.94. The molecular weight excluding hydrogens is 486 g/mol. The van der Waals surface area contributed by atoms with E-state index in [0.29, 0.717) is 22.6 Å². The number of anilines is 2. The van der Waals surface area contributed by atoms with Crippen LogP contribution < -0.4 is 16.0 Å². The van der Waals surface area contributed by atoms with Gasteiger partial charge in [-0.2, -0.15) is 0 Å². The first-order valence-electron chi connectivity index (χ1n) is 11.3. The number of thioether (sulfide) groups is 1. The van der Waals surface area contributed by atoms with Gasteiger partial charge in [0, 0.05) is 34.7 Å². The quantitative estimate of drug-likeness (QED) is 0.224. The van der Waals surface area contributed by atoms with Crippen LogP contribution in [0.5, 0.6) is 0 Å². The van der Waals surface area contributed by atoms with Crippen LogP contribution in [0.2, 0.25) is 0 Å². The van der Waals surface area contributed by atoms with Crippen molar-refractivity contribution in [1.82, 2.24) is 15.3 Å². The molecular formula is C28H23N5O3S. The number of carbonyl (C=O) groups is 3. The predicted molar refractivity (Wildman–Crippen MR) is 145 cm³/mol. The molecule has 0 atom stereocenters. The molecule has 0 spiro atoms. The lowest BCUT2D eigenvalue weighted by Gasteiger charge is -2.12. The number of amides is 3. The number of hydrogen-bond donors (Lipinski definition) is 3. The van der Waals surface area contributed by atoms with Gasteiger partial charge in [-0.05, 0) is 66.2 Å². The van der Waals surface area contributed by atoms with Crippen LogP contribution in [0.3, 0.4) is 0 Å². The van der Waals surface area contributed by atoms with E-state index in [-0.39, 0.29) is 17.4 Å². The maximum atomic E-state index is 13.1. The third kappa shape index (κ3) is 7.87. The number of pyridine rings is 2. The smallest absolute Gasteiger partial charge is 0.272 e. The highest BCUT2D eigenvalue weighted by molar-refractivity contribution is 8.00. The van der Waals surface area contributed by atoms with Crippen molar-refractivity contribution in [3.8, 4) is 0 Å². The van der Waals surface area contributed by atoms with E-state index in [9.17, 15) is 14.4 Å². The molecule has 9 heteroatoms. The summed E-state index contributed by atoms with van der Waals surface area (Å²) in [5.41, 5.74) is 1.71. The molecule has 184 valence electrons. The summed E-state index contributed by atoms with van der Waals surface area (Å²) in [6.45, 7) is 0. The summed E-state index contributed by atoms with van der Waals surface area (Å²) < 4.78 is 0. The predicted octanol–water partition coefficient (Wildman–Crippen LogP) is 4.62. The molecule has 0 saturated heterocycles. The molecule has 37 heavy (non-hydrogen) atoms. The Morgan fingerprint density at radius 3 is 2.30 bits per heavy atom. The topological polar surface area (TPSA) is 113 Å². The van der Waals surface area contributed by atoms with Crippen LogP contribution in [-0.4, -0.2) is 33.4 Å². The summed E-state index contributed by atoms with van der Waals surface area (Å²) in [4.78, 5) is 46.9. The second kappa shape index (κ2) is 12.8. The minimum Gasteiger partial charge on any atom is -0.321 e. The maximum absolute atomic E-state index is 13.1. The van der Waals surface area contributed by atoms with Crippen LogP contribution in [0.15, 0.2) is 114 Å². The van der Waals surface area contributed by atoms with Gasteiger partial charge in [-0.25, -0.2) is 4.98 Å². The minimum absolute atomic E-state index is 0.0755. The molecule has 0 aliphatic carbocycles. The van der Waals surface area contributed by atoms with Crippen molar-refractivity contribution >= 4 is 47.1 Å². The summed E-state index contributed by atoms with van der Waals surface area (Å²) in [5.74, 6) is -0.336. The van der Waals surface area contributed by atoms with Crippen LogP contribution in [0.1, 0.15) is 15.9 Å². The molecule has 2 aromatic carbocycles. The first kappa shape index (κ1) is 25.3. The lowest BCUT2D eigenvalue weighted by atomic mass is 10.2. The Kier molecular flexibility index (Phi) is 8.77. The minimum atomic E-state index is -0.483. The monoisotopic (exact) mass is 509 g/mol. The second-order valence-electron chi connectivity index (χ2n) is 7.69. The number of hydrogen-bond acceptors (Lipinski definition) is 6.